The van der Waals surface area contributed by atoms with Gasteiger partial charge in [0.1, 0.15) is 29.7 Å². The number of benzene rings is 2. The zero-order valence-electron chi connectivity index (χ0n) is 22.8. The number of halogens is 3. The highest BCUT2D eigenvalue weighted by Crippen LogP contribution is 2.43. The Labute approximate surface area is 243 Å². The van der Waals surface area contributed by atoms with Gasteiger partial charge in [0.15, 0.2) is 0 Å². The molecule has 1 aliphatic carbocycles. The van der Waals surface area contributed by atoms with Crippen LogP contribution in [0.15, 0.2) is 57.6 Å². The van der Waals surface area contributed by atoms with Crippen LogP contribution in [0.2, 0.25) is 0 Å². The van der Waals surface area contributed by atoms with Crippen LogP contribution < -0.4 is 10.1 Å². The first kappa shape index (κ1) is 30.0. The number of alkyl halides is 3. The number of nitrogens with zero attached hydrogens (tertiary/aromatic N) is 3. The minimum Gasteiger partial charge on any atom is -0.491 e. The number of hydrogen-bond donors (Lipinski definition) is 4. The second-order valence-corrected chi connectivity index (χ2v) is 10.3. The highest BCUT2D eigenvalue weighted by molar-refractivity contribution is 5.71. The third-order valence-electron chi connectivity index (χ3n) is 7.43. The first-order valence-corrected chi connectivity index (χ1v) is 13.7. The van der Waals surface area contributed by atoms with Crippen molar-refractivity contribution < 1.29 is 47.1 Å². The van der Waals surface area contributed by atoms with Gasteiger partial charge in [0.2, 0.25) is 11.6 Å². The van der Waals surface area contributed by atoms with E-state index >= 15 is 0 Å². The molecule has 2 aliphatic rings. The van der Waals surface area contributed by atoms with Gasteiger partial charge in [0, 0.05) is 16.7 Å². The lowest BCUT2D eigenvalue weighted by molar-refractivity contribution is -0.137. The van der Waals surface area contributed by atoms with Gasteiger partial charge in [0.25, 0.3) is 5.89 Å². The van der Waals surface area contributed by atoms with Gasteiger partial charge in [0.05, 0.1) is 6.04 Å². The standard InChI is InChI=1S/C28H27F3N4O4.CH2O3/c29-28(30,31)22-23(17-9-5-2-6-10-17)34-38-25(22)27-33-26(35-39-27)18-11-12-19-21(13-18)37-15-20(24(19)36)32-14-16-7-3-1-4-8-16;2-1(3)4/h2,5-6,9-13,16,20,24,32,36H,1,3-4,7-8,14-15H2;(H2,2,3,4)/t20-,24+;/m0./s1. The molecule has 2 aromatic carbocycles. The van der Waals surface area contributed by atoms with Crippen LogP contribution in [0, 0.1) is 5.92 Å². The summed E-state index contributed by atoms with van der Waals surface area (Å²) in [5.41, 5.74) is -0.123. The van der Waals surface area contributed by atoms with Gasteiger partial charge in [-0.3, -0.25) is 0 Å². The van der Waals surface area contributed by atoms with Gasteiger partial charge in [-0.25, -0.2) is 4.79 Å². The van der Waals surface area contributed by atoms with Crippen molar-refractivity contribution in [1.29, 1.82) is 0 Å². The third kappa shape index (κ3) is 6.97. The fraction of sp³-hybridized carbons (Fsp3) is 0.379. The lowest BCUT2D eigenvalue weighted by atomic mass is 9.88. The van der Waals surface area contributed by atoms with E-state index in [0.717, 1.165) is 6.54 Å². The molecule has 2 atom stereocenters. The Hall–Kier alpha value is -4.43. The van der Waals surface area contributed by atoms with Crippen LogP contribution in [0.25, 0.3) is 34.3 Å². The van der Waals surface area contributed by atoms with E-state index in [0.29, 0.717) is 22.8 Å². The maximum absolute atomic E-state index is 14.0. The van der Waals surface area contributed by atoms with Crippen molar-refractivity contribution in [1.82, 2.24) is 20.6 Å². The number of carbonyl (C=O) groups is 1. The summed E-state index contributed by atoms with van der Waals surface area (Å²) in [6.45, 7) is 1.13. The zero-order valence-corrected chi connectivity index (χ0v) is 22.8. The number of carboxylic acid groups (broad SMARTS) is 2. The van der Waals surface area contributed by atoms with Crippen molar-refractivity contribution in [2.45, 2.75) is 50.4 Å². The average molecular weight is 603 g/mol. The minimum atomic E-state index is -4.77. The maximum Gasteiger partial charge on any atom is 0.503 e. The van der Waals surface area contributed by atoms with Crippen LogP contribution >= 0.6 is 0 Å². The molecule has 1 aliphatic heterocycles. The van der Waals surface area contributed by atoms with Crippen LogP contribution in [0.3, 0.4) is 0 Å². The molecule has 0 radical (unpaired) electrons. The van der Waals surface area contributed by atoms with E-state index in [1.807, 2.05) is 0 Å². The fourth-order valence-corrected chi connectivity index (χ4v) is 5.34. The molecule has 14 heteroatoms. The molecular weight excluding hydrogens is 573 g/mol. The molecule has 4 aromatic rings. The van der Waals surface area contributed by atoms with Crippen LogP contribution in [-0.2, 0) is 6.18 Å². The topological polar surface area (TPSA) is 164 Å². The highest BCUT2D eigenvalue weighted by atomic mass is 19.4. The highest BCUT2D eigenvalue weighted by Gasteiger charge is 2.43. The predicted octanol–water partition coefficient (Wildman–Crippen LogP) is 6.26. The molecule has 2 aromatic heterocycles. The van der Waals surface area contributed by atoms with Crippen molar-refractivity contribution in [3.63, 3.8) is 0 Å². The normalized spacial score (nSPS) is 18.7. The van der Waals surface area contributed by atoms with Crippen molar-refractivity contribution in [2.75, 3.05) is 13.2 Å². The summed E-state index contributed by atoms with van der Waals surface area (Å²) in [4.78, 5) is 12.7. The number of aliphatic hydroxyl groups excluding tert-OH is 1. The van der Waals surface area contributed by atoms with Crippen LogP contribution in [0.4, 0.5) is 18.0 Å². The molecule has 0 unspecified atom stereocenters. The molecule has 0 spiro atoms. The molecule has 1 saturated carbocycles. The van der Waals surface area contributed by atoms with Gasteiger partial charge >= 0.3 is 12.3 Å². The summed E-state index contributed by atoms with van der Waals surface area (Å²) < 4.78 is 58.2. The molecule has 0 amide bonds. The number of nitrogens with one attached hydrogen (secondary N) is 1. The number of aliphatic hydroxyl groups is 1. The van der Waals surface area contributed by atoms with E-state index in [-0.39, 0.29) is 29.7 Å². The second kappa shape index (κ2) is 12.8. The molecule has 4 N–H and O–H groups in total. The van der Waals surface area contributed by atoms with Gasteiger partial charge in [-0.2, -0.15) is 18.2 Å². The first-order chi connectivity index (χ1) is 20.6. The van der Waals surface area contributed by atoms with Crippen LogP contribution in [0.5, 0.6) is 5.75 Å². The van der Waals surface area contributed by atoms with E-state index in [9.17, 15) is 18.3 Å². The molecule has 43 heavy (non-hydrogen) atoms. The molecule has 6 rings (SSSR count). The van der Waals surface area contributed by atoms with Crippen LogP contribution in [0.1, 0.15) is 49.3 Å². The summed E-state index contributed by atoms with van der Waals surface area (Å²) in [5.74, 6) is 0.0285. The Bertz CT molecular complexity index is 1530. The molecule has 3 heterocycles. The molecular formula is C29H29F3N4O7. The molecule has 11 nitrogen and oxygen atoms in total. The number of rotatable bonds is 6. The number of hydrogen-bond acceptors (Lipinski definition) is 9. The van der Waals surface area contributed by atoms with E-state index in [2.05, 4.69) is 20.6 Å². The fourth-order valence-electron chi connectivity index (χ4n) is 5.34. The SMILES string of the molecule is O=C(O)O.O[C@@H]1c2ccc(-c3noc(-c4onc(-c5ccccc5)c4C(F)(F)F)n3)cc2OC[C@@H]1NCC1CCCCC1. The van der Waals surface area contributed by atoms with E-state index in [1.165, 1.54) is 44.2 Å². The number of fused-ring (bicyclic) bond motifs is 1. The summed E-state index contributed by atoms with van der Waals surface area (Å²) in [5, 5.41) is 35.9. The van der Waals surface area contributed by atoms with Crippen LogP contribution in [-0.4, -0.2) is 56.0 Å². The molecule has 228 valence electrons. The molecule has 0 saturated heterocycles. The predicted molar refractivity (Wildman–Crippen MR) is 145 cm³/mol. The van der Waals surface area contributed by atoms with E-state index in [1.54, 1.807) is 36.4 Å². The van der Waals surface area contributed by atoms with E-state index in [4.69, 9.17) is 28.8 Å². The quantitative estimate of drug-likeness (QED) is 0.197. The first-order valence-electron chi connectivity index (χ1n) is 13.7. The Morgan fingerprint density at radius 2 is 1.70 bits per heavy atom. The Balaban J connectivity index is 0.000000868. The molecule has 0 bridgehead atoms. The lowest BCUT2D eigenvalue weighted by Crippen LogP contribution is -2.44. The average Bonchev–Trinajstić information content (AvgIpc) is 3.66. The van der Waals surface area contributed by atoms with Crippen molar-refractivity contribution >= 4 is 6.16 Å². The van der Waals surface area contributed by atoms with Gasteiger partial charge in [-0.15, -0.1) is 0 Å². The van der Waals surface area contributed by atoms with E-state index < -0.39 is 35.7 Å². The summed E-state index contributed by atoms with van der Waals surface area (Å²) in [6.07, 6.45) is -1.16. The van der Waals surface area contributed by atoms with Gasteiger partial charge in [-0.05, 0) is 31.4 Å². The summed E-state index contributed by atoms with van der Waals surface area (Å²) in [6, 6.07) is 12.7. The summed E-state index contributed by atoms with van der Waals surface area (Å²) in [7, 11) is 0. The largest absolute Gasteiger partial charge is 0.503 e. The van der Waals surface area contributed by atoms with Gasteiger partial charge in [-0.1, -0.05) is 72.0 Å². The monoisotopic (exact) mass is 602 g/mol. The second-order valence-electron chi connectivity index (χ2n) is 10.3. The van der Waals surface area contributed by atoms with Crippen molar-refractivity contribution in [2.24, 2.45) is 5.92 Å². The maximum atomic E-state index is 14.0. The minimum absolute atomic E-state index is 0.0502. The van der Waals surface area contributed by atoms with Crippen molar-refractivity contribution in [3.8, 4) is 40.0 Å². The number of ether oxygens (including phenoxy) is 1. The Kier molecular flexibility index (Phi) is 8.97. The zero-order chi connectivity index (χ0) is 30.6. The third-order valence-corrected chi connectivity index (χ3v) is 7.43. The summed E-state index contributed by atoms with van der Waals surface area (Å²) >= 11 is 0. The van der Waals surface area contributed by atoms with Crippen molar-refractivity contribution in [3.05, 3.63) is 59.7 Å². The smallest absolute Gasteiger partial charge is 0.491 e. The Morgan fingerprint density at radius 3 is 2.40 bits per heavy atom. The number of aromatic nitrogens is 3. The Morgan fingerprint density at radius 1 is 0.977 bits per heavy atom. The lowest BCUT2D eigenvalue weighted by Gasteiger charge is -2.33. The van der Waals surface area contributed by atoms with Gasteiger partial charge < -0.3 is 34.4 Å². The molecule has 1 fully saturated rings.